The van der Waals surface area contributed by atoms with E-state index in [0.717, 1.165) is 34.0 Å². The van der Waals surface area contributed by atoms with Gasteiger partial charge in [0.1, 0.15) is 0 Å². The topological polar surface area (TPSA) is 103 Å². The molecule has 8 heteroatoms. The molecule has 0 aliphatic carbocycles. The summed E-state index contributed by atoms with van der Waals surface area (Å²) in [5.74, 6) is 0.284. The number of hydrogen-bond acceptors (Lipinski definition) is 6. The summed E-state index contributed by atoms with van der Waals surface area (Å²) in [5, 5.41) is 18.5. The molecule has 0 aliphatic rings. The predicted octanol–water partition coefficient (Wildman–Crippen LogP) is 4.89. The number of H-pyrrole nitrogens is 1. The van der Waals surface area contributed by atoms with E-state index in [1.807, 2.05) is 54.7 Å². The van der Waals surface area contributed by atoms with Gasteiger partial charge < -0.3 is 24.9 Å². The van der Waals surface area contributed by atoms with Gasteiger partial charge in [-0.25, -0.2) is 0 Å². The second-order valence-electron chi connectivity index (χ2n) is 9.13. The van der Waals surface area contributed by atoms with Crippen molar-refractivity contribution in [3.8, 4) is 5.75 Å². The summed E-state index contributed by atoms with van der Waals surface area (Å²) in [5.41, 5.74) is 4.64. The highest BCUT2D eigenvalue weighted by molar-refractivity contribution is 7.86. The summed E-state index contributed by atoms with van der Waals surface area (Å²) in [6.45, 7) is 3.15. The molecule has 0 radical (unpaired) electrons. The second-order valence-corrected chi connectivity index (χ2v) is 10.7. The van der Waals surface area contributed by atoms with Crippen LogP contribution in [0.4, 0.5) is 5.69 Å². The zero-order valence-electron chi connectivity index (χ0n) is 21.0. The van der Waals surface area contributed by atoms with Gasteiger partial charge in [-0.05, 0) is 48.2 Å². The summed E-state index contributed by atoms with van der Waals surface area (Å²) < 4.78 is 28.2. The number of aromatic amines is 1. The van der Waals surface area contributed by atoms with Crippen molar-refractivity contribution in [1.29, 1.82) is 0 Å². The number of benzene rings is 3. The lowest BCUT2D eigenvalue weighted by molar-refractivity contribution is 0.170. The van der Waals surface area contributed by atoms with Crippen molar-refractivity contribution in [2.75, 3.05) is 24.7 Å². The first-order valence-corrected chi connectivity index (χ1v) is 14.1. The average molecular weight is 520 g/mol. The van der Waals surface area contributed by atoms with Gasteiger partial charge in [0.25, 0.3) is 0 Å². The minimum Gasteiger partial charge on any atom is -0.387 e. The van der Waals surface area contributed by atoms with E-state index in [4.69, 9.17) is 4.18 Å². The molecule has 0 unspecified atom stereocenters. The van der Waals surface area contributed by atoms with E-state index in [1.165, 1.54) is 0 Å². The van der Waals surface area contributed by atoms with E-state index < -0.39 is 16.2 Å². The van der Waals surface area contributed by atoms with Crippen LogP contribution in [0.5, 0.6) is 5.75 Å². The molecular weight excluding hydrogens is 486 g/mol. The quantitative estimate of drug-likeness (QED) is 0.199. The fourth-order valence-corrected chi connectivity index (χ4v) is 4.68. The SMILES string of the molecule is C[C@H](Cc1c[nH]c2c(OS(C)(=O)=O)cccc12)NC[C@H](O)c1cccc(NC/C=C/c2ccccc2)c1. The van der Waals surface area contributed by atoms with E-state index in [-0.39, 0.29) is 11.8 Å². The largest absolute Gasteiger partial charge is 0.387 e. The Morgan fingerprint density at radius 2 is 1.84 bits per heavy atom. The van der Waals surface area contributed by atoms with Crippen molar-refractivity contribution in [3.05, 3.63) is 102 Å². The third-order valence-electron chi connectivity index (χ3n) is 6.00. The Bertz CT molecular complexity index is 1450. The highest BCUT2D eigenvalue weighted by Gasteiger charge is 2.15. The van der Waals surface area contributed by atoms with Crippen LogP contribution in [0.15, 0.2) is 85.1 Å². The zero-order chi connectivity index (χ0) is 26.3. The standard InChI is InChI=1S/C29H33N3O4S/c1-21(17-24-19-32-29-26(24)14-7-15-28(29)36-37(2,34)35)31-20-27(33)23-12-6-13-25(18-23)30-16-8-11-22-9-4-3-5-10-22/h3-15,18-19,21,27,30-33H,16-17,20H2,1-2H3/b11-8+/t21-,27+/m1/s1. The van der Waals surface area contributed by atoms with Crippen LogP contribution in [0, 0.1) is 0 Å². The molecule has 37 heavy (non-hydrogen) atoms. The molecule has 0 saturated heterocycles. The first-order valence-electron chi connectivity index (χ1n) is 12.2. The summed E-state index contributed by atoms with van der Waals surface area (Å²) in [4.78, 5) is 3.13. The van der Waals surface area contributed by atoms with Crippen molar-refractivity contribution in [2.45, 2.75) is 25.5 Å². The molecule has 4 rings (SSSR count). The van der Waals surface area contributed by atoms with Crippen molar-refractivity contribution >= 4 is 32.8 Å². The third kappa shape index (κ3) is 7.69. The van der Waals surface area contributed by atoms with Crippen molar-refractivity contribution in [1.82, 2.24) is 10.3 Å². The highest BCUT2D eigenvalue weighted by Crippen LogP contribution is 2.29. The lowest BCUT2D eigenvalue weighted by atomic mass is 10.0. The molecule has 1 heterocycles. The third-order valence-corrected chi connectivity index (χ3v) is 6.48. The Morgan fingerprint density at radius 3 is 2.62 bits per heavy atom. The predicted molar refractivity (Wildman–Crippen MR) is 150 cm³/mol. The van der Waals surface area contributed by atoms with Gasteiger partial charge in [-0.15, -0.1) is 0 Å². The first kappa shape index (κ1) is 26.5. The normalized spacial score (nSPS) is 13.6. The van der Waals surface area contributed by atoms with Gasteiger partial charge in [0, 0.05) is 36.4 Å². The minimum absolute atomic E-state index is 0.0811. The summed E-state index contributed by atoms with van der Waals surface area (Å²) in [6, 6.07) is 23.4. The van der Waals surface area contributed by atoms with Crippen LogP contribution in [0.3, 0.4) is 0 Å². The maximum Gasteiger partial charge on any atom is 0.306 e. The van der Waals surface area contributed by atoms with Gasteiger partial charge in [-0.2, -0.15) is 8.42 Å². The monoisotopic (exact) mass is 519 g/mol. The van der Waals surface area contributed by atoms with Gasteiger partial charge in [0.2, 0.25) is 0 Å². The summed E-state index contributed by atoms with van der Waals surface area (Å²) in [7, 11) is -3.62. The fourth-order valence-electron chi connectivity index (χ4n) is 4.21. The molecular formula is C29H33N3O4S. The van der Waals surface area contributed by atoms with E-state index in [9.17, 15) is 13.5 Å². The van der Waals surface area contributed by atoms with E-state index in [2.05, 4.69) is 46.8 Å². The van der Waals surface area contributed by atoms with Crippen LogP contribution in [-0.4, -0.2) is 43.9 Å². The number of fused-ring (bicyclic) bond motifs is 1. The molecule has 0 bridgehead atoms. The second kappa shape index (κ2) is 12.1. The van der Waals surface area contributed by atoms with Crippen LogP contribution in [0.25, 0.3) is 17.0 Å². The average Bonchev–Trinajstić information content (AvgIpc) is 3.29. The lowest BCUT2D eigenvalue weighted by Crippen LogP contribution is -2.32. The van der Waals surface area contributed by atoms with E-state index >= 15 is 0 Å². The summed E-state index contributed by atoms with van der Waals surface area (Å²) >= 11 is 0. The Labute approximate surface area is 218 Å². The van der Waals surface area contributed by atoms with Crippen LogP contribution in [-0.2, 0) is 16.5 Å². The number of aromatic nitrogens is 1. The highest BCUT2D eigenvalue weighted by atomic mass is 32.2. The Kier molecular flexibility index (Phi) is 8.66. The molecule has 0 fully saturated rings. The smallest absolute Gasteiger partial charge is 0.306 e. The Morgan fingerprint density at radius 1 is 1.05 bits per heavy atom. The Balaban J connectivity index is 1.30. The van der Waals surface area contributed by atoms with Crippen LogP contribution in [0.1, 0.15) is 29.7 Å². The van der Waals surface area contributed by atoms with Gasteiger partial charge in [-0.1, -0.05) is 66.7 Å². The van der Waals surface area contributed by atoms with Crippen LogP contribution < -0.4 is 14.8 Å². The number of rotatable bonds is 12. The molecule has 0 aliphatic heterocycles. The van der Waals surface area contributed by atoms with Gasteiger partial charge >= 0.3 is 10.1 Å². The minimum atomic E-state index is -3.62. The fraction of sp³-hybridized carbons (Fsp3) is 0.241. The molecule has 2 atom stereocenters. The molecule has 7 nitrogen and oxygen atoms in total. The molecule has 4 aromatic rings. The number of hydrogen-bond donors (Lipinski definition) is 4. The first-order chi connectivity index (χ1) is 17.8. The molecule has 1 aromatic heterocycles. The van der Waals surface area contributed by atoms with Gasteiger partial charge in [-0.3, -0.25) is 0 Å². The Hall–Kier alpha value is -3.59. The van der Waals surface area contributed by atoms with Crippen molar-refractivity contribution in [2.24, 2.45) is 0 Å². The number of nitrogens with one attached hydrogen (secondary N) is 3. The number of aliphatic hydroxyl groups excluding tert-OH is 1. The molecule has 0 spiro atoms. The van der Waals surface area contributed by atoms with Crippen molar-refractivity contribution < 1.29 is 17.7 Å². The van der Waals surface area contributed by atoms with Gasteiger partial charge in [0.15, 0.2) is 5.75 Å². The molecule has 4 N–H and O–H groups in total. The lowest BCUT2D eigenvalue weighted by Gasteiger charge is -2.18. The van der Waals surface area contributed by atoms with Crippen molar-refractivity contribution in [3.63, 3.8) is 0 Å². The molecule has 0 amide bonds. The summed E-state index contributed by atoms with van der Waals surface area (Å²) in [6.07, 6.45) is 7.09. The molecule has 194 valence electrons. The zero-order valence-corrected chi connectivity index (χ0v) is 21.8. The molecule has 3 aromatic carbocycles. The van der Waals surface area contributed by atoms with Gasteiger partial charge in [0.05, 0.1) is 17.9 Å². The molecule has 0 saturated carbocycles. The number of anilines is 1. The van der Waals surface area contributed by atoms with Crippen LogP contribution in [0.2, 0.25) is 0 Å². The van der Waals surface area contributed by atoms with E-state index in [0.29, 0.717) is 25.0 Å². The number of aliphatic hydroxyl groups is 1. The maximum absolute atomic E-state index is 11.6. The maximum atomic E-state index is 11.6. The van der Waals surface area contributed by atoms with E-state index in [1.54, 1.807) is 12.1 Å². The van der Waals surface area contributed by atoms with Crippen LogP contribution >= 0.6 is 0 Å². The number of para-hydroxylation sites is 1.